The Hall–Kier alpha value is -1.56. The van der Waals surface area contributed by atoms with Crippen molar-refractivity contribution in [3.05, 3.63) is 59.7 Å². The highest BCUT2D eigenvalue weighted by molar-refractivity contribution is 5.76. The molecular weight excluding hydrogens is 276 g/mol. The van der Waals surface area contributed by atoms with Crippen LogP contribution in [-0.2, 0) is 6.42 Å². The normalized spacial score (nSPS) is 32.0. The largest absolute Gasteiger partial charge is 0.0619 e. The molecule has 0 nitrogen and oxygen atoms in total. The zero-order valence-electron chi connectivity index (χ0n) is 13.9. The van der Waals surface area contributed by atoms with Crippen LogP contribution in [0.2, 0.25) is 0 Å². The van der Waals surface area contributed by atoms with Gasteiger partial charge < -0.3 is 0 Å². The summed E-state index contributed by atoms with van der Waals surface area (Å²) >= 11 is 0. The van der Waals surface area contributed by atoms with E-state index in [4.69, 9.17) is 0 Å². The van der Waals surface area contributed by atoms with Crippen LogP contribution in [0.4, 0.5) is 0 Å². The molecule has 0 heterocycles. The Bertz CT molecular complexity index is 611. The van der Waals surface area contributed by atoms with Gasteiger partial charge in [0, 0.05) is 0 Å². The van der Waals surface area contributed by atoms with E-state index in [1.807, 2.05) is 0 Å². The van der Waals surface area contributed by atoms with Gasteiger partial charge in [0.05, 0.1) is 0 Å². The molecule has 0 amide bonds. The van der Waals surface area contributed by atoms with E-state index >= 15 is 0 Å². The Kier molecular flexibility index (Phi) is 3.32. The molecule has 0 saturated heterocycles. The molecule has 23 heavy (non-hydrogen) atoms. The molecule has 0 aliphatic heterocycles. The number of benzene rings is 2. The molecule has 0 N–H and O–H groups in total. The summed E-state index contributed by atoms with van der Waals surface area (Å²) in [6.07, 6.45) is 10.7. The predicted octanol–water partition coefficient (Wildman–Crippen LogP) is 6.09. The van der Waals surface area contributed by atoms with E-state index < -0.39 is 0 Å². The number of rotatable bonds is 0. The number of fused-ring (bicyclic) bond motifs is 3. The molecule has 0 atom stereocenters. The molecule has 5 aliphatic rings. The van der Waals surface area contributed by atoms with E-state index in [9.17, 15) is 0 Å². The third kappa shape index (κ3) is 2.53. The molecule has 0 radical (unpaired) electrons. The molecule has 4 saturated carbocycles. The zero-order chi connectivity index (χ0) is 15.2. The van der Waals surface area contributed by atoms with Gasteiger partial charge in [0.15, 0.2) is 0 Å². The van der Waals surface area contributed by atoms with E-state index in [0.717, 1.165) is 6.42 Å². The molecule has 118 valence electrons. The molecule has 4 bridgehead atoms. The Morgan fingerprint density at radius 3 is 1.22 bits per heavy atom. The maximum Gasteiger partial charge on any atom is -0.00135 e. The second-order valence-electron chi connectivity index (χ2n) is 8.37. The van der Waals surface area contributed by atoms with Crippen LogP contribution in [0, 0.1) is 23.7 Å². The lowest BCUT2D eigenvalue weighted by Gasteiger charge is -2.49. The first-order valence-electron chi connectivity index (χ1n) is 9.51. The van der Waals surface area contributed by atoms with E-state index in [0.29, 0.717) is 0 Å². The van der Waals surface area contributed by atoms with Gasteiger partial charge in [-0.2, -0.15) is 0 Å². The van der Waals surface area contributed by atoms with Crippen molar-refractivity contribution in [2.75, 3.05) is 0 Å². The topological polar surface area (TPSA) is 0 Å². The molecule has 7 rings (SSSR count). The van der Waals surface area contributed by atoms with Gasteiger partial charge in [-0.1, -0.05) is 48.5 Å². The van der Waals surface area contributed by atoms with Gasteiger partial charge in [-0.3, -0.25) is 0 Å². The minimum Gasteiger partial charge on any atom is -0.0619 e. The highest BCUT2D eigenvalue weighted by atomic mass is 14.5. The summed E-state index contributed by atoms with van der Waals surface area (Å²) in [7, 11) is 0. The average molecular weight is 302 g/mol. The standard InChI is InChI=1S/C13H10.C10H16/c1-3-7-12-10(5-1)9-11-6-2-4-8-13(11)12;1-7-2-9-4-8(1)5-10(3-7)6-9/h1-8H,9H2;7-10H,1-6H2. The van der Waals surface area contributed by atoms with Crippen LogP contribution < -0.4 is 0 Å². The first kappa shape index (κ1) is 13.8. The van der Waals surface area contributed by atoms with Gasteiger partial charge in [-0.25, -0.2) is 0 Å². The van der Waals surface area contributed by atoms with Crippen LogP contribution in [0.15, 0.2) is 48.5 Å². The maximum atomic E-state index is 2.22. The minimum atomic E-state index is 1.10. The summed E-state index contributed by atoms with van der Waals surface area (Å²) in [5.74, 6) is 4.71. The van der Waals surface area contributed by atoms with Gasteiger partial charge in [0.1, 0.15) is 0 Å². The van der Waals surface area contributed by atoms with Crippen molar-refractivity contribution in [3.63, 3.8) is 0 Å². The van der Waals surface area contributed by atoms with E-state index in [1.54, 1.807) is 38.5 Å². The lowest BCUT2D eigenvalue weighted by molar-refractivity contribution is 0.0198. The third-order valence-electron chi connectivity index (χ3n) is 6.71. The van der Waals surface area contributed by atoms with E-state index in [2.05, 4.69) is 48.5 Å². The lowest BCUT2D eigenvalue weighted by atomic mass is 9.56. The van der Waals surface area contributed by atoms with Gasteiger partial charge in [-0.05, 0) is 90.9 Å². The van der Waals surface area contributed by atoms with Crippen LogP contribution in [0.3, 0.4) is 0 Å². The van der Waals surface area contributed by atoms with E-state index in [-0.39, 0.29) is 0 Å². The Morgan fingerprint density at radius 2 is 0.826 bits per heavy atom. The van der Waals surface area contributed by atoms with Crippen LogP contribution in [0.5, 0.6) is 0 Å². The monoisotopic (exact) mass is 302 g/mol. The number of hydrogen-bond donors (Lipinski definition) is 0. The summed E-state index contributed by atoms with van der Waals surface area (Å²) in [4.78, 5) is 0. The van der Waals surface area contributed by atoms with Crippen molar-refractivity contribution in [1.82, 2.24) is 0 Å². The quantitative estimate of drug-likeness (QED) is 0.471. The summed E-state index contributed by atoms with van der Waals surface area (Å²) < 4.78 is 0. The minimum absolute atomic E-state index is 1.10. The number of hydrogen-bond acceptors (Lipinski definition) is 0. The molecule has 2 aromatic carbocycles. The van der Waals surface area contributed by atoms with Crippen molar-refractivity contribution in [1.29, 1.82) is 0 Å². The van der Waals surface area contributed by atoms with Crippen molar-refractivity contribution in [2.45, 2.75) is 44.9 Å². The van der Waals surface area contributed by atoms with Crippen LogP contribution in [0.25, 0.3) is 11.1 Å². The van der Waals surface area contributed by atoms with Gasteiger partial charge in [-0.15, -0.1) is 0 Å². The Balaban J connectivity index is 0.000000109. The lowest BCUT2D eigenvalue weighted by Crippen LogP contribution is -2.38. The molecule has 0 unspecified atom stereocenters. The average Bonchev–Trinajstić information content (AvgIpc) is 2.93. The molecule has 5 aliphatic carbocycles. The molecule has 0 heteroatoms. The van der Waals surface area contributed by atoms with Crippen molar-refractivity contribution < 1.29 is 0 Å². The van der Waals surface area contributed by atoms with Gasteiger partial charge in [0.25, 0.3) is 0 Å². The first-order chi connectivity index (χ1) is 11.3. The second-order valence-corrected chi connectivity index (χ2v) is 8.37. The van der Waals surface area contributed by atoms with Crippen molar-refractivity contribution >= 4 is 0 Å². The summed E-state index contributed by atoms with van der Waals surface area (Å²) in [6, 6.07) is 17.3. The smallest absolute Gasteiger partial charge is 0.00135 e. The maximum absolute atomic E-state index is 2.22. The van der Waals surface area contributed by atoms with Crippen LogP contribution >= 0.6 is 0 Å². The van der Waals surface area contributed by atoms with Gasteiger partial charge >= 0.3 is 0 Å². The zero-order valence-corrected chi connectivity index (χ0v) is 13.9. The molecule has 0 spiro atoms. The fraction of sp³-hybridized carbons (Fsp3) is 0.478. The first-order valence-corrected chi connectivity index (χ1v) is 9.51. The van der Waals surface area contributed by atoms with Crippen molar-refractivity contribution in [2.24, 2.45) is 23.7 Å². The fourth-order valence-corrected chi connectivity index (χ4v) is 6.06. The summed E-state index contributed by atoms with van der Waals surface area (Å²) in [6.45, 7) is 0. The Labute approximate surface area is 139 Å². The molecule has 2 aromatic rings. The SMILES string of the molecule is C1C2CC3CC1CC(C2)C3.c1ccc2c(c1)Cc1ccccc1-2. The molecular formula is C23H26. The second kappa shape index (κ2) is 5.51. The fourth-order valence-electron chi connectivity index (χ4n) is 6.06. The summed E-state index contributed by atoms with van der Waals surface area (Å²) in [5, 5.41) is 0. The highest BCUT2D eigenvalue weighted by Crippen LogP contribution is 2.53. The Morgan fingerprint density at radius 1 is 0.478 bits per heavy atom. The van der Waals surface area contributed by atoms with Crippen LogP contribution in [0.1, 0.15) is 49.7 Å². The van der Waals surface area contributed by atoms with Gasteiger partial charge in [0.2, 0.25) is 0 Å². The van der Waals surface area contributed by atoms with Crippen LogP contribution in [-0.4, -0.2) is 0 Å². The molecule has 4 fully saturated rings. The van der Waals surface area contributed by atoms with Crippen molar-refractivity contribution in [3.8, 4) is 11.1 Å². The highest BCUT2D eigenvalue weighted by Gasteiger charge is 2.41. The molecule has 0 aromatic heterocycles. The summed E-state index contributed by atoms with van der Waals surface area (Å²) in [5.41, 5.74) is 5.75. The predicted molar refractivity (Wildman–Crippen MR) is 96.3 cm³/mol. The third-order valence-corrected chi connectivity index (χ3v) is 6.71. The van der Waals surface area contributed by atoms with E-state index in [1.165, 1.54) is 45.9 Å².